The third kappa shape index (κ3) is 2.44. The molecular weight excluding hydrogens is 285 g/mol. The molecule has 21 heavy (non-hydrogen) atoms. The molecule has 1 heterocycles. The summed E-state index contributed by atoms with van der Waals surface area (Å²) in [5.74, 6) is -0.383. The van der Waals surface area contributed by atoms with Gasteiger partial charge in [-0.2, -0.15) is 0 Å². The molecule has 2 nitrogen and oxygen atoms in total. The first-order chi connectivity index (χ1) is 10.0. The Bertz CT molecular complexity index is 698. The number of fused-ring (bicyclic) bond motifs is 1. The summed E-state index contributed by atoms with van der Waals surface area (Å²) in [6, 6.07) is 12.6. The van der Waals surface area contributed by atoms with Gasteiger partial charge in [0.1, 0.15) is 5.82 Å². The van der Waals surface area contributed by atoms with E-state index in [0.29, 0.717) is 12.1 Å². The van der Waals surface area contributed by atoms with E-state index in [1.165, 1.54) is 17.0 Å². The fourth-order valence-electron chi connectivity index (χ4n) is 2.79. The van der Waals surface area contributed by atoms with Gasteiger partial charge >= 0.3 is 0 Å². The molecule has 0 saturated heterocycles. The van der Waals surface area contributed by atoms with Crippen LogP contribution in [0, 0.1) is 5.82 Å². The van der Waals surface area contributed by atoms with E-state index in [0.717, 1.165) is 11.1 Å². The van der Waals surface area contributed by atoms with Crippen LogP contribution in [0.2, 0.25) is 0 Å². The minimum Gasteiger partial charge on any atom is -0.325 e. The van der Waals surface area contributed by atoms with E-state index >= 15 is 0 Å². The molecule has 1 aliphatic heterocycles. The van der Waals surface area contributed by atoms with Crippen LogP contribution in [0.4, 0.5) is 10.1 Å². The second-order valence-electron chi connectivity index (χ2n) is 5.50. The Morgan fingerprint density at radius 3 is 2.57 bits per heavy atom. The Kier molecular flexibility index (Phi) is 3.49. The van der Waals surface area contributed by atoms with Crippen molar-refractivity contribution in [2.75, 3.05) is 11.6 Å². The lowest BCUT2D eigenvalue weighted by Crippen LogP contribution is -2.33. The van der Waals surface area contributed by atoms with Crippen LogP contribution in [-0.4, -0.2) is 12.2 Å². The number of carbonyl (C=O) groups is 1. The molecule has 0 fully saturated rings. The first-order valence-electron chi connectivity index (χ1n) is 6.77. The van der Waals surface area contributed by atoms with Crippen LogP contribution in [0.3, 0.4) is 0 Å². The molecule has 108 valence electrons. The van der Waals surface area contributed by atoms with E-state index < -0.39 is 5.41 Å². The number of hydrogen-bond acceptors (Lipinski definition) is 2. The lowest BCUT2D eigenvalue weighted by Gasteiger charge is -2.22. The summed E-state index contributed by atoms with van der Waals surface area (Å²) >= 11 is 1.68. The zero-order valence-electron chi connectivity index (χ0n) is 11.9. The zero-order chi connectivity index (χ0) is 15.0. The molecule has 1 aliphatic rings. The molecule has 1 amide bonds. The summed E-state index contributed by atoms with van der Waals surface area (Å²) in [6.07, 6.45) is 2.59. The van der Waals surface area contributed by atoms with E-state index in [1.807, 2.05) is 37.4 Å². The predicted octanol–water partition coefficient (Wildman–Crippen LogP) is 4.00. The summed E-state index contributed by atoms with van der Waals surface area (Å²) in [7, 11) is 0. The molecule has 3 rings (SSSR count). The van der Waals surface area contributed by atoms with Gasteiger partial charge in [-0.3, -0.25) is 4.79 Å². The van der Waals surface area contributed by atoms with Crippen LogP contribution in [0.1, 0.15) is 18.1 Å². The maximum absolute atomic E-state index is 13.5. The van der Waals surface area contributed by atoms with Gasteiger partial charge in [-0.05, 0) is 61.1 Å². The van der Waals surface area contributed by atoms with Crippen molar-refractivity contribution in [2.45, 2.75) is 23.7 Å². The summed E-state index contributed by atoms with van der Waals surface area (Å²) in [6.45, 7) is 1.87. The highest BCUT2D eigenvalue weighted by atomic mass is 32.2. The van der Waals surface area contributed by atoms with Crippen LogP contribution in [0.15, 0.2) is 47.4 Å². The fourth-order valence-corrected chi connectivity index (χ4v) is 3.20. The molecule has 1 atom stereocenters. The Morgan fingerprint density at radius 2 is 1.90 bits per heavy atom. The smallest absolute Gasteiger partial charge is 0.235 e. The van der Waals surface area contributed by atoms with Crippen LogP contribution in [-0.2, 0) is 16.6 Å². The van der Waals surface area contributed by atoms with E-state index in [-0.39, 0.29) is 11.7 Å². The van der Waals surface area contributed by atoms with E-state index in [4.69, 9.17) is 0 Å². The average molecular weight is 301 g/mol. The quantitative estimate of drug-likeness (QED) is 0.868. The van der Waals surface area contributed by atoms with E-state index in [1.54, 1.807) is 17.8 Å². The minimum absolute atomic E-state index is 0.0722. The van der Waals surface area contributed by atoms with Gasteiger partial charge in [-0.15, -0.1) is 11.8 Å². The normalized spacial score (nSPS) is 20.2. The highest BCUT2D eigenvalue weighted by Gasteiger charge is 2.42. The molecule has 0 saturated carbocycles. The maximum Gasteiger partial charge on any atom is 0.235 e. The third-order valence-electron chi connectivity index (χ3n) is 4.04. The van der Waals surface area contributed by atoms with Gasteiger partial charge in [0.2, 0.25) is 5.91 Å². The Morgan fingerprint density at radius 1 is 1.19 bits per heavy atom. The van der Waals surface area contributed by atoms with Gasteiger partial charge in [-0.1, -0.05) is 12.1 Å². The fraction of sp³-hybridized carbons (Fsp3) is 0.235. The van der Waals surface area contributed by atoms with Gasteiger partial charge < -0.3 is 5.32 Å². The number of hydrogen-bond donors (Lipinski definition) is 1. The third-order valence-corrected chi connectivity index (χ3v) is 4.79. The Hall–Kier alpha value is -1.81. The highest BCUT2D eigenvalue weighted by Crippen LogP contribution is 2.40. The number of halogens is 1. The molecular formula is C17H16FNOS. The number of nitrogens with one attached hydrogen (secondary N) is 1. The van der Waals surface area contributed by atoms with Crippen molar-refractivity contribution in [3.05, 3.63) is 59.4 Å². The summed E-state index contributed by atoms with van der Waals surface area (Å²) in [5.41, 5.74) is 1.80. The molecule has 0 aliphatic carbocycles. The molecule has 0 bridgehead atoms. The zero-order valence-corrected chi connectivity index (χ0v) is 12.8. The predicted molar refractivity (Wildman–Crippen MR) is 84.3 cm³/mol. The lowest BCUT2D eigenvalue weighted by molar-refractivity contribution is -0.120. The van der Waals surface area contributed by atoms with E-state index in [9.17, 15) is 9.18 Å². The number of carbonyl (C=O) groups excluding carboxylic acids is 1. The molecule has 1 N–H and O–H groups in total. The second-order valence-corrected chi connectivity index (χ2v) is 6.38. The van der Waals surface area contributed by atoms with Gasteiger partial charge in [0, 0.05) is 10.6 Å². The molecule has 1 unspecified atom stereocenters. The lowest BCUT2D eigenvalue weighted by atomic mass is 9.78. The monoisotopic (exact) mass is 301 g/mol. The molecule has 2 aromatic rings. The number of anilines is 1. The van der Waals surface area contributed by atoms with E-state index in [2.05, 4.69) is 5.32 Å². The topological polar surface area (TPSA) is 29.1 Å². The van der Waals surface area contributed by atoms with Crippen LogP contribution < -0.4 is 5.32 Å². The van der Waals surface area contributed by atoms with Gasteiger partial charge in [0.05, 0.1) is 5.41 Å². The standard InChI is InChI=1S/C17H16FNOS/c1-17(10-11-3-6-13(21-2)7-4-11)14-9-12(18)5-8-15(14)19-16(17)20/h3-9H,10H2,1-2H3,(H,19,20). The second kappa shape index (κ2) is 5.19. The average Bonchev–Trinajstić information content (AvgIpc) is 2.72. The van der Waals surface area contributed by atoms with Crippen molar-refractivity contribution in [1.29, 1.82) is 0 Å². The van der Waals surface area contributed by atoms with Crippen molar-refractivity contribution in [3.8, 4) is 0 Å². The molecule has 4 heteroatoms. The van der Waals surface area contributed by atoms with Crippen molar-refractivity contribution in [3.63, 3.8) is 0 Å². The minimum atomic E-state index is -0.724. The number of rotatable bonds is 3. The van der Waals surface area contributed by atoms with Gasteiger partial charge in [0.25, 0.3) is 0 Å². The van der Waals surface area contributed by atoms with Crippen molar-refractivity contribution >= 4 is 23.4 Å². The Labute approximate surface area is 127 Å². The number of benzene rings is 2. The van der Waals surface area contributed by atoms with Crippen LogP contribution in [0.5, 0.6) is 0 Å². The highest BCUT2D eigenvalue weighted by molar-refractivity contribution is 7.98. The molecule has 0 spiro atoms. The molecule has 2 aromatic carbocycles. The maximum atomic E-state index is 13.5. The summed E-state index contributed by atoms with van der Waals surface area (Å²) < 4.78 is 13.5. The number of thioether (sulfide) groups is 1. The SMILES string of the molecule is CSc1ccc(CC2(C)C(=O)Nc3ccc(F)cc32)cc1. The summed E-state index contributed by atoms with van der Waals surface area (Å²) in [5, 5.41) is 2.85. The van der Waals surface area contributed by atoms with Crippen LogP contribution >= 0.6 is 11.8 Å². The van der Waals surface area contributed by atoms with Crippen molar-refractivity contribution < 1.29 is 9.18 Å². The summed E-state index contributed by atoms with van der Waals surface area (Å²) in [4.78, 5) is 13.5. The van der Waals surface area contributed by atoms with Gasteiger partial charge in [-0.25, -0.2) is 4.39 Å². The first kappa shape index (κ1) is 14.1. The molecule has 0 aromatic heterocycles. The number of amides is 1. The van der Waals surface area contributed by atoms with Crippen molar-refractivity contribution in [1.82, 2.24) is 0 Å². The van der Waals surface area contributed by atoms with Gasteiger partial charge in [0.15, 0.2) is 0 Å². The molecule has 0 radical (unpaired) electrons. The largest absolute Gasteiger partial charge is 0.325 e. The van der Waals surface area contributed by atoms with Crippen molar-refractivity contribution in [2.24, 2.45) is 0 Å². The first-order valence-corrected chi connectivity index (χ1v) is 8.00. The Balaban J connectivity index is 1.96. The van der Waals surface area contributed by atoms with Crippen LogP contribution in [0.25, 0.3) is 0 Å².